The minimum absolute atomic E-state index is 0.00140. The van der Waals surface area contributed by atoms with Crippen LogP contribution in [-0.2, 0) is 14.3 Å². The molecule has 0 spiro atoms. The molecule has 2 aliphatic heterocycles. The summed E-state index contributed by atoms with van der Waals surface area (Å²) in [4.78, 5) is 31.3. The maximum absolute atomic E-state index is 13.9. The number of methoxy groups -OCH3 is 1. The van der Waals surface area contributed by atoms with Crippen molar-refractivity contribution in [2.45, 2.75) is 25.0 Å². The number of ether oxygens (including phenoxy) is 2. The zero-order valence-corrected chi connectivity index (χ0v) is 16.4. The van der Waals surface area contributed by atoms with Crippen molar-refractivity contribution in [2.75, 3.05) is 20.3 Å². The summed E-state index contributed by atoms with van der Waals surface area (Å²) in [6.45, 7) is 0.813. The normalized spacial score (nSPS) is 23.2. The molecule has 3 heterocycles. The van der Waals surface area contributed by atoms with E-state index in [4.69, 9.17) is 9.47 Å². The zero-order valence-electron chi connectivity index (χ0n) is 16.4. The van der Waals surface area contributed by atoms with Crippen LogP contribution in [0.15, 0.2) is 48.3 Å². The molecular weight excluding hydrogens is 391 g/mol. The Balaban J connectivity index is 1.86. The number of ketones is 1. The summed E-state index contributed by atoms with van der Waals surface area (Å²) in [5.41, 5.74) is 0.433. The third-order valence-electron chi connectivity index (χ3n) is 5.38. The van der Waals surface area contributed by atoms with Crippen LogP contribution in [0.2, 0.25) is 0 Å². The third-order valence-corrected chi connectivity index (χ3v) is 5.38. The molecule has 30 heavy (non-hydrogen) atoms. The molecule has 1 aromatic carbocycles. The van der Waals surface area contributed by atoms with E-state index in [9.17, 15) is 19.1 Å². The number of hydrogen-bond acceptors (Lipinski definition) is 6. The lowest BCUT2D eigenvalue weighted by Gasteiger charge is -2.27. The van der Waals surface area contributed by atoms with Crippen LogP contribution in [0.3, 0.4) is 0 Å². The monoisotopic (exact) mass is 412 g/mol. The second-order valence-electron chi connectivity index (χ2n) is 7.22. The fourth-order valence-electron chi connectivity index (χ4n) is 3.97. The number of nitrogens with zero attached hydrogens (tertiary/aromatic N) is 2. The molecule has 156 valence electrons. The molecule has 0 aliphatic carbocycles. The molecule has 2 atom stereocenters. The molecule has 0 radical (unpaired) electrons. The molecule has 2 fully saturated rings. The third kappa shape index (κ3) is 3.54. The second kappa shape index (κ2) is 8.23. The Morgan fingerprint density at radius 2 is 2.20 bits per heavy atom. The van der Waals surface area contributed by atoms with Crippen molar-refractivity contribution in [1.82, 2.24) is 9.88 Å². The number of rotatable bonds is 5. The summed E-state index contributed by atoms with van der Waals surface area (Å²) in [6, 6.07) is 6.15. The van der Waals surface area contributed by atoms with Gasteiger partial charge in [0.1, 0.15) is 17.3 Å². The Morgan fingerprint density at radius 3 is 2.87 bits per heavy atom. The fourth-order valence-corrected chi connectivity index (χ4v) is 3.97. The summed E-state index contributed by atoms with van der Waals surface area (Å²) in [6.07, 6.45) is 4.58. The Labute approximate surface area is 172 Å². The van der Waals surface area contributed by atoms with E-state index in [2.05, 4.69) is 4.98 Å². The van der Waals surface area contributed by atoms with E-state index in [1.165, 1.54) is 30.3 Å². The number of amides is 1. The van der Waals surface area contributed by atoms with Crippen molar-refractivity contribution in [3.8, 4) is 5.75 Å². The van der Waals surface area contributed by atoms with Crippen molar-refractivity contribution >= 4 is 17.4 Å². The van der Waals surface area contributed by atoms with Crippen LogP contribution in [0.25, 0.3) is 5.76 Å². The van der Waals surface area contributed by atoms with Crippen LogP contribution in [-0.4, -0.2) is 53.0 Å². The molecule has 8 heteroatoms. The van der Waals surface area contributed by atoms with Crippen molar-refractivity contribution in [1.29, 1.82) is 0 Å². The number of pyridine rings is 1. The molecule has 1 amide bonds. The SMILES string of the molecule is COc1ccc(F)cc1/C(O)=C1\C(=O)C(=O)N(CC2CCCO2)C1c1cccnc1. The van der Waals surface area contributed by atoms with Gasteiger partial charge in [0.25, 0.3) is 11.7 Å². The summed E-state index contributed by atoms with van der Waals surface area (Å²) in [7, 11) is 1.37. The average molecular weight is 412 g/mol. The lowest BCUT2D eigenvalue weighted by Crippen LogP contribution is -2.36. The van der Waals surface area contributed by atoms with Gasteiger partial charge in [-0.1, -0.05) is 6.07 Å². The molecule has 0 bridgehead atoms. The minimum atomic E-state index is -0.865. The second-order valence-corrected chi connectivity index (χ2v) is 7.22. The van der Waals surface area contributed by atoms with Gasteiger partial charge in [0.2, 0.25) is 0 Å². The van der Waals surface area contributed by atoms with Crippen molar-refractivity contribution in [2.24, 2.45) is 0 Å². The Morgan fingerprint density at radius 1 is 1.37 bits per heavy atom. The van der Waals surface area contributed by atoms with E-state index < -0.39 is 29.3 Å². The maximum Gasteiger partial charge on any atom is 0.295 e. The first-order valence-corrected chi connectivity index (χ1v) is 9.65. The van der Waals surface area contributed by atoms with Gasteiger partial charge in [-0.2, -0.15) is 0 Å². The Bertz CT molecular complexity index is 1000. The van der Waals surface area contributed by atoms with Gasteiger partial charge in [-0.25, -0.2) is 4.39 Å². The van der Waals surface area contributed by atoms with Crippen LogP contribution in [0.1, 0.15) is 30.0 Å². The zero-order chi connectivity index (χ0) is 21.3. The number of carbonyl (C=O) groups excluding carboxylic acids is 2. The number of aliphatic hydroxyl groups is 1. The molecule has 1 aromatic heterocycles. The van der Waals surface area contributed by atoms with E-state index in [-0.39, 0.29) is 29.5 Å². The van der Waals surface area contributed by atoms with Crippen LogP contribution in [0, 0.1) is 5.82 Å². The fraction of sp³-hybridized carbons (Fsp3) is 0.318. The highest BCUT2D eigenvalue weighted by Crippen LogP contribution is 2.41. The lowest BCUT2D eigenvalue weighted by molar-refractivity contribution is -0.140. The van der Waals surface area contributed by atoms with Crippen LogP contribution in [0.5, 0.6) is 5.75 Å². The van der Waals surface area contributed by atoms with Crippen LogP contribution < -0.4 is 4.74 Å². The first-order chi connectivity index (χ1) is 14.5. The summed E-state index contributed by atoms with van der Waals surface area (Å²) in [5.74, 6) is -2.50. The van der Waals surface area contributed by atoms with Crippen molar-refractivity contribution < 1.29 is 28.6 Å². The van der Waals surface area contributed by atoms with Gasteiger partial charge in [0.15, 0.2) is 0 Å². The molecular formula is C22H21FN2O5. The minimum Gasteiger partial charge on any atom is -0.507 e. The molecule has 2 aliphatic rings. The van der Waals surface area contributed by atoms with Crippen molar-refractivity contribution in [3.63, 3.8) is 0 Å². The van der Waals surface area contributed by atoms with Crippen molar-refractivity contribution in [3.05, 3.63) is 65.2 Å². The predicted molar refractivity (Wildman–Crippen MR) is 105 cm³/mol. The van der Waals surface area contributed by atoms with E-state index in [0.29, 0.717) is 12.2 Å². The molecule has 4 rings (SSSR count). The van der Waals surface area contributed by atoms with Gasteiger partial charge >= 0.3 is 0 Å². The maximum atomic E-state index is 13.9. The quantitative estimate of drug-likeness (QED) is 0.462. The molecule has 2 aromatic rings. The standard InChI is InChI=1S/C22H21FN2O5/c1-29-17-7-6-14(23)10-16(17)20(26)18-19(13-4-2-8-24-11-13)25(22(28)21(18)27)12-15-5-3-9-30-15/h2,4,6-8,10-11,15,19,26H,3,5,9,12H2,1H3/b20-18+. The topological polar surface area (TPSA) is 89.0 Å². The number of aromatic nitrogens is 1. The van der Waals surface area contributed by atoms with Crippen LogP contribution >= 0.6 is 0 Å². The highest BCUT2D eigenvalue weighted by Gasteiger charge is 2.47. The van der Waals surface area contributed by atoms with E-state index >= 15 is 0 Å². The Kier molecular flexibility index (Phi) is 5.50. The van der Waals surface area contributed by atoms with E-state index in [0.717, 1.165) is 18.9 Å². The summed E-state index contributed by atoms with van der Waals surface area (Å²) < 4.78 is 24.8. The first kappa shape index (κ1) is 20.0. The van der Waals surface area contributed by atoms with E-state index in [1.54, 1.807) is 18.3 Å². The molecule has 7 nitrogen and oxygen atoms in total. The van der Waals surface area contributed by atoms with Gasteiger partial charge in [-0.15, -0.1) is 0 Å². The highest BCUT2D eigenvalue weighted by atomic mass is 19.1. The van der Waals surface area contributed by atoms with Gasteiger partial charge < -0.3 is 19.5 Å². The number of Topliss-reactive ketones (excluding diaryl/α,β-unsaturated/α-hetero) is 1. The highest BCUT2D eigenvalue weighted by molar-refractivity contribution is 6.46. The molecule has 0 saturated carbocycles. The largest absolute Gasteiger partial charge is 0.507 e. The summed E-state index contributed by atoms with van der Waals surface area (Å²) in [5, 5.41) is 11.0. The number of halogens is 1. The smallest absolute Gasteiger partial charge is 0.295 e. The summed E-state index contributed by atoms with van der Waals surface area (Å²) >= 11 is 0. The van der Waals surface area contributed by atoms with E-state index in [1.807, 2.05) is 0 Å². The molecule has 2 unspecified atom stereocenters. The number of likely N-dealkylation sites (tertiary alicyclic amines) is 1. The van der Waals surface area contributed by atoms with Gasteiger partial charge in [0, 0.05) is 25.5 Å². The Hall–Kier alpha value is -3.26. The van der Waals surface area contributed by atoms with Gasteiger partial charge in [0.05, 0.1) is 30.4 Å². The van der Waals surface area contributed by atoms with Gasteiger partial charge in [-0.3, -0.25) is 14.6 Å². The predicted octanol–water partition coefficient (Wildman–Crippen LogP) is 2.83. The first-order valence-electron chi connectivity index (χ1n) is 9.65. The number of aliphatic hydroxyl groups excluding tert-OH is 1. The number of hydrogen-bond donors (Lipinski definition) is 1. The lowest BCUT2D eigenvalue weighted by atomic mass is 9.96. The van der Waals surface area contributed by atoms with Crippen LogP contribution in [0.4, 0.5) is 4.39 Å². The average Bonchev–Trinajstić information content (AvgIpc) is 3.36. The molecule has 1 N–H and O–H groups in total. The van der Waals surface area contributed by atoms with Gasteiger partial charge in [-0.05, 0) is 42.7 Å². The number of carbonyl (C=O) groups is 2. The number of benzene rings is 1. The molecule has 2 saturated heterocycles.